The van der Waals surface area contributed by atoms with E-state index in [0.29, 0.717) is 12.3 Å². The molecule has 0 aliphatic rings. The maximum Gasteiger partial charge on any atom is 0.165 e. The zero-order valence-electron chi connectivity index (χ0n) is 11.2. The minimum absolute atomic E-state index is 0.268. The molecule has 2 rings (SSSR count). The molecule has 0 atom stereocenters. The van der Waals surface area contributed by atoms with Crippen LogP contribution in [0.4, 0.5) is 4.39 Å². The summed E-state index contributed by atoms with van der Waals surface area (Å²) in [5.74, 6) is 0.612. The Bertz CT molecular complexity index is 554. The van der Waals surface area contributed by atoms with Crippen molar-refractivity contribution in [1.82, 2.24) is 5.32 Å². The molecule has 0 saturated heterocycles. The van der Waals surface area contributed by atoms with E-state index in [1.807, 2.05) is 38.1 Å². The predicted octanol–water partition coefficient (Wildman–Crippen LogP) is 4.04. The average molecular weight is 259 g/mol. The topological polar surface area (TPSA) is 21.3 Å². The summed E-state index contributed by atoms with van der Waals surface area (Å²) in [6, 6.07) is 12.5. The molecule has 0 bridgehead atoms. The Hall–Kier alpha value is -1.87. The SMILES string of the molecule is CCNCc1ccccc1Oc1cc(C)ccc1F. The Kier molecular flexibility index (Phi) is 4.53. The molecule has 0 unspecified atom stereocenters. The van der Waals surface area contributed by atoms with E-state index in [9.17, 15) is 4.39 Å². The van der Waals surface area contributed by atoms with E-state index >= 15 is 0 Å². The van der Waals surface area contributed by atoms with Crippen molar-refractivity contribution in [3.05, 3.63) is 59.4 Å². The van der Waals surface area contributed by atoms with Gasteiger partial charge in [-0.25, -0.2) is 4.39 Å². The fourth-order valence-electron chi connectivity index (χ4n) is 1.82. The molecule has 0 amide bonds. The Morgan fingerprint density at radius 1 is 1.11 bits per heavy atom. The molecule has 0 fully saturated rings. The molecule has 0 aliphatic heterocycles. The van der Waals surface area contributed by atoms with Crippen LogP contribution in [0.1, 0.15) is 18.1 Å². The third-order valence-electron chi connectivity index (χ3n) is 2.84. The van der Waals surface area contributed by atoms with Crippen LogP contribution in [0, 0.1) is 12.7 Å². The van der Waals surface area contributed by atoms with Gasteiger partial charge >= 0.3 is 0 Å². The van der Waals surface area contributed by atoms with Crippen LogP contribution in [0.3, 0.4) is 0 Å². The number of hydrogen-bond donors (Lipinski definition) is 1. The highest BCUT2D eigenvalue weighted by atomic mass is 19.1. The first-order valence-electron chi connectivity index (χ1n) is 6.43. The number of benzene rings is 2. The van der Waals surface area contributed by atoms with Crippen molar-refractivity contribution in [2.45, 2.75) is 20.4 Å². The fraction of sp³-hybridized carbons (Fsp3) is 0.250. The van der Waals surface area contributed by atoms with Gasteiger partial charge in [-0.1, -0.05) is 31.2 Å². The van der Waals surface area contributed by atoms with Gasteiger partial charge in [0.15, 0.2) is 11.6 Å². The molecule has 1 N–H and O–H groups in total. The van der Waals surface area contributed by atoms with Gasteiger partial charge in [0.05, 0.1) is 0 Å². The van der Waals surface area contributed by atoms with Gasteiger partial charge in [0.2, 0.25) is 0 Å². The molecule has 0 radical (unpaired) electrons. The number of hydrogen-bond acceptors (Lipinski definition) is 2. The summed E-state index contributed by atoms with van der Waals surface area (Å²) in [5, 5.41) is 3.24. The molecule has 3 heteroatoms. The zero-order chi connectivity index (χ0) is 13.7. The second-order valence-corrected chi connectivity index (χ2v) is 4.42. The Morgan fingerprint density at radius 3 is 2.68 bits per heavy atom. The summed E-state index contributed by atoms with van der Waals surface area (Å²) in [4.78, 5) is 0. The van der Waals surface area contributed by atoms with Gasteiger partial charge in [-0.3, -0.25) is 0 Å². The summed E-state index contributed by atoms with van der Waals surface area (Å²) < 4.78 is 19.4. The first-order valence-corrected chi connectivity index (χ1v) is 6.43. The molecular formula is C16H18FNO. The lowest BCUT2D eigenvalue weighted by Gasteiger charge is -2.12. The van der Waals surface area contributed by atoms with Crippen LogP contribution in [-0.4, -0.2) is 6.54 Å². The molecular weight excluding hydrogens is 241 g/mol. The van der Waals surface area contributed by atoms with Crippen molar-refractivity contribution in [3.63, 3.8) is 0 Å². The second kappa shape index (κ2) is 6.34. The number of aryl methyl sites for hydroxylation is 1. The summed E-state index contributed by atoms with van der Waals surface area (Å²) in [7, 11) is 0. The van der Waals surface area contributed by atoms with Crippen molar-refractivity contribution in [3.8, 4) is 11.5 Å². The average Bonchev–Trinajstić information content (AvgIpc) is 2.42. The van der Waals surface area contributed by atoms with Crippen LogP contribution < -0.4 is 10.1 Å². The molecule has 0 saturated carbocycles. The minimum Gasteiger partial charge on any atom is -0.454 e. The van der Waals surface area contributed by atoms with Gasteiger partial charge in [0, 0.05) is 12.1 Å². The number of nitrogens with one attached hydrogen (secondary N) is 1. The van der Waals surface area contributed by atoms with Gasteiger partial charge in [-0.05, 0) is 37.2 Å². The normalized spacial score (nSPS) is 10.5. The number of ether oxygens (including phenoxy) is 1. The highest BCUT2D eigenvalue weighted by molar-refractivity contribution is 5.39. The van der Waals surface area contributed by atoms with Crippen molar-refractivity contribution in [2.75, 3.05) is 6.54 Å². The van der Waals surface area contributed by atoms with Crippen LogP contribution in [0.2, 0.25) is 0 Å². The molecule has 0 spiro atoms. The van der Waals surface area contributed by atoms with E-state index < -0.39 is 0 Å². The molecule has 19 heavy (non-hydrogen) atoms. The number of rotatable bonds is 5. The highest BCUT2D eigenvalue weighted by Crippen LogP contribution is 2.28. The smallest absolute Gasteiger partial charge is 0.165 e. The Balaban J connectivity index is 2.25. The van der Waals surface area contributed by atoms with Crippen LogP contribution in [0.5, 0.6) is 11.5 Å². The summed E-state index contributed by atoms with van der Waals surface area (Å²) in [6.45, 7) is 5.55. The van der Waals surface area contributed by atoms with Gasteiger partial charge in [-0.2, -0.15) is 0 Å². The van der Waals surface area contributed by atoms with Gasteiger partial charge in [0.1, 0.15) is 5.75 Å². The van der Waals surface area contributed by atoms with E-state index in [2.05, 4.69) is 5.32 Å². The Labute approximate surface area is 113 Å². The van der Waals surface area contributed by atoms with Gasteiger partial charge in [0.25, 0.3) is 0 Å². The third kappa shape index (κ3) is 3.55. The number of para-hydroxylation sites is 1. The van der Waals surface area contributed by atoms with Crippen molar-refractivity contribution >= 4 is 0 Å². The minimum atomic E-state index is -0.344. The molecule has 2 aromatic rings. The Morgan fingerprint density at radius 2 is 1.89 bits per heavy atom. The molecule has 2 nitrogen and oxygen atoms in total. The molecule has 0 aliphatic carbocycles. The maximum atomic E-state index is 13.7. The van der Waals surface area contributed by atoms with Gasteiger partial charge in [-0.15, -0.1) is 0 Å². The molecule has 0 aromatic heterocycles. The lowest BCUT2D eigenvalue weighted by Crippen LogP contribution is -2.12. The third-order valence-corrected chi connectivity index (χ3v) is 2.84. The molecule has 100 valence electrons. The highest BCUT2D eigenvalue weighted by Gasteiger charge is 2.08. The summed E-state index contributed by atoms with van der Waals surface area (Å²) in [6.07, 6.45) is 0. The first kappa shape index (κ1) is 13.6. The van der Waals surface area contributed by atoms with Crippen LogP contribution >= 0.6 is 0 Å². The first-order chi connectivity index (χ1) is 9.20. The standard InChI is InChI=1S/C16H18FNO/c1-3-18-11-13-6-4-5-7-15(13)19-16-10-12(2)8-9-14(16)17/h4-10,18H,3,11H2,1-2H3. The monoisotopic (exact) mass is 259 g/mol. The zero-order valence-corrected chi connectivity index (χ0v) is 11.2. The van der Waals surface area contributed by atoms with Crippen LogP contribution in [0.15, 0.2) is 42.5 Å². The lowest BCUT2D eigenvalue weighted by atomic mass is 10.2. The number of halogens is 1. The largest absolute Gasteiger partial charge is 0.454 e. The predicted molar refractivity (Wildman–Crippen MR) is 75.0 cm³/mol. The molecule has 2 aromatic carbocycles. The van der Waals surface area contributed by atoms with E-state index in [-0.39, 0.29) is 11.6 Å². The van der Waals surface area contributed by atoms with E-state index in [0.717, 1.165) is 17.7 Å². The van der Waals surface area contributed by atoms with Crippen molar-refractivity contribution in [1.29, 1.82) is 0 Å². The van der Waals surface area contributed by atoms with E-state index in [1.165, 1.54) is 6.07 Å². The van der Waals surface area contributed by atoms with Crippen LogP contribution in [0.25, 0.3) is 0 Å². The van der Waals surface area contributed by atoms with E-state index in [4.69, 9.17) is 4.74 Å². The van der Waals surface area contributed by atoms with Crippen molar-refractivity contribution in [2.24, 2.45) is 0 Å². The van der Waals surface area contributed by atoms with Crippen LogP contribution in [-0.2, 0) is 6.54 Å². The molecule has 0 heterocycles. The van der Waals surface area contributed by atoms with Crippen molar-refractivity contribution < 1.29 is 9.13 Å². The quantitative estimate of drug-likeness (QED) is 0.875. The summed E-state index contributed by atoms with van der Waals surface area (Å²) in [5.41, 5.74) is 1.99. The van der Waals surface area contributed by atoms with Gasteiger partial charge < -0.3 is 10.1 Å². The fourth-order valence-corrected chi connectivity index (χ4v) is 1.82. The van der Waals surface area contributed by atoms with E-state index in [1.54, 1.807) is 12.1 Å². The maximum absolute atomic E-state index is 13.7. The lowest BCUT2D eigenvalue weighted by molar-refractivity contribution is 0.435. The second-order valence-electron chi connectivity index (χ2n) is 4.42. The summed E-state index contributed by atoms with van der Waals surface area (Å²) >= 11 is 0.